The van der Waals surface area contributed by atoms with Crippen LogP contribution in [0.5, 0.6) is 0 Å². The number of pyridine rings is 1. The summed E-state index contributed by atoms with van der Waals surface area (Å²) in [6.07, 6.45) is 4.83. The first-order valence-corrected chi connectivity index (χ1v) is 11.0. The van der Waals surface area contributed by atoms with Gasteiger partial charge in [0.25, 0.3) is 5.91 Å². The summed E-state index contributed by atoms with van der Waals surface area (Å²) in [4.78, 5) is 16.8. The van der Waals surface area contributed by atoms with Crippen molar-refractivity contribution in [2.24, 2.45) is 0 Å². The maximum absolute atomic E-state index is 12.6. The summed E-state index contributed by atoms with van der Waals surface area (Å²) in [5.41, 5.74) is 6.21. The highest BCUT2D eigenvalue weighted by Crippen LogP contribution is 2.41. The van der Waals surface area contributed by atoms with E-state index >= 15 is 0 Å². The summed E-state index contributed by atoms with van der Waals surface area (Å²) in [5.74, 6) is 0.432. The fourth-order valence-corrected chi connectivity index (χ4v) is 4.00. The van der Waals surface area contributed by atoms with Crippen LogP contribution in [-0.4, -0.2) is 16.9 Å². The molecule has 1 aliphatic rings. The fourth-order valence-electron chi connectivity index (χ4n) is 4.00. The van der Waals surface area contributed by atoms with E-state index in [0.717, 1.165) is 29.8 Å². The zero-order chi connectivity index (χ0) is 21.8. The molecule has 4 aromatic rings. The number of amides is 1. The molecule has 5 rings (SSSR count). The molecule has 1 saturated carbocycles. The van der Waals surface area contributed by atoms with Crippen LogP contribution in [0.15, 0.2) is 103 Å². The van der Waals surface area contributed by atoms with E-state index in [9.17, 15) is 4.79 Å². The van der Waals surface area contributed by atoms with E-state index in [1.165, 1.54) is 11.1 Å². The predicted octanol–water partition coefficient (Wildman–Crippen LogP) is 5.65. The number of hydrogen-bond acceptors (Lipinski definition) is 3. The Balaban J connectivity index is 1.15. The van der Waals surface area contributed by atoms with Crippen LogP contribution in [0, 0.1) is 0 Å². The molecule has 0 bridgehead atoms. The number of carbonyl (C=O) groups excluding carboxylic acids is 1. The van der Waals surface area contributed by atoms with E-state index in [-0.39, 0.29) is 5.91 Å². The lowest BCUT2D eigenvalue weighted by atomic mass is 10.0. The molecule has 3 aromatic carbocycles. The van der Waals surface area contributed by atoms with Crippen molar-refractivity contribution in [3.8, 4) is 11.1 Å². The highest BCUT2D eigenvalue weighted by atomic mass is 16.1. The molecule has 0 aliphatic heterocycles. The minimum absolute atomic E-state index is 0.0974. The Kier molecular flexibility index (Phi) is 5.77. The van der Waals surface area contributed by atoms with Crippen molar-refractivity contribution in [1.82, 2.24) is 10.3 Å². The number of aromatic nitrogens is 1. The van der Waals surface area contributed by atoms with Crippen LogP contribution in [0.4, 0.5) is 5.69 Å². The number of rotatable bonds is 7. The lowest BCUT2D eigenvalue weighted by Crippen LogP contribution is -2.17. The Morgan fingerprint density at radius 2 is 1.59 bits per heavy atom. The standard InChI is InChI=1S/C28H25N3O/c32-28(24-10-8-22(9-11-24)21-6-2-1-3-7-21)31-25-14-12-23(13-15-25)26-17-27(26)30-19-20-5-4-16-29-18-20/h1-16,18,26-27,30H,17,19H2,(H,31,32)/t26-,27+/m0/s1. The summed E-state index contributed by atoms with van der Waals surface area (Å²) < 4.78 is 0. The van der Waals surface area contributed by atoms with Gasteiger partial charge in [0.2, 0.25) is 0 Å². The molecule has 4 nitrogen and oxygen atoms in total. The second kappa shape index (κ2) is 9.16. The smallest absolute Gasteiger partial charge is 0.255 e. The van der Waals surface area contributed by atoms with Gasteiger partial charge in [-0.3, -0.25) is 9.78 Å². The third-order valence-corrected chi connectivity index (χ3v) is 5.93. The molecule has 1 aromatic heterocycles. The van der Waals surface area contributed by atoms with Crippen molar-refractivity contribution in [2.75, 3.05) is 5.32 Å². The third kappa shape index (κ3) is 4.76. The molecule has 2 N–H and O–H groups in total. The average molecular weight is 420 g/mol. The molecule has 158 valence electrons. The van der Waals surface area contributed by atoms with Gasteiger partial charge in [-0.15, -0.1) is 0 Å². The van der Waals surface area contributed by atoms with E-state index < -0.39 is 0 Å². The second-order valence-corrected chi connectivity index (χ2v) is 8.21. The van der Waals surface area contributed by atoms with Gasteiger partial charge in [0.1, 0.15) is 0 Å². The van der Waals surface area contributed by atoms with Crippen molar-refractivity contribution < 1.29 is 4.79 Å². The summed E-state index contributed by atoms with van der Waals surface area (Å²) in [7, 11) is 0. The summed E-state index contributed by atoms with van der Waals surface area (Å²) in [5, 5.41) is 6.60. The summed E-state index contributed by atoms with van der Waals surface area (Å²) in [6.45, 7) is 0.839. The van der Waals surface area contributed by atoms with E-state index in [0.29, 0.717) is 17.5 Å². The molecule has 0 unspecified atom stereocenters. The molecule has 1 amide bonds. The topological polar surface area (TPSA) is 54.0 Å². The Hall–Kier alpha value is -3.76. The molecular weight excluding hydrogens is 394 g/mol. The fraction of sp³-hybridized carbons (Fsp3) is 0.143. The van der Waals surface area contributed by atoms with Crippen molar-refractivity contribution in [2.45, 2.75) is 24.9 Å². The number of anilines is 1. The minimum atomic E-state index is -0.0974. The first-order chi connectivity index (χ1) is 15.8. The normalized spacial score (nSPS) is 17.0. The summed E-state index contributed by atoms with van der Waals surface area (Å²) >= 11 is 0. The molecule has 1 fully saturated rings. The van der Waals surface area contributed by atoms with Gasteiger partial charge in [-0.05, 0) is 59.0 Å². The molecule has 1 aliphatic carbocycles. The molecule has 0 spiro atoms. The van der Waals surface area contributed by atoms with Gasteiger partial charge >= 0.3 is 0 Å². The highest BCUT2D eigenvalue weighted by molar-refractivity contribution is 6.04. The predicted molar refractivity (Wildman–Crippen MR) is 128 cm³/mol. The molecule has 0 saturated heterocycles. The second-order valence-electron chi connectivity index (χ2n) is 8.21. The first kappa shape index (κ1) is 20.2. The number of nitrogens with zero attached hydrogens (tertiary/aromatic N) is 1. The van der Waals surface area contributed by atoms with Crippen LogP contribution in [0.25, 0.3) is 11.1 Å². The van der Waals surface area contributed by atoms with E-state index in [4.69, 9.17) is 0 Å². The molecule has 4 heteroatoms. The van der Waals surface area contributed by atoms with Crippen molar-refractivity contribution in [1.29, 1.82) is 0 Å². The number of hydrogen-bond donors (Lipinski definition) is 2. The van der Waals surface area contributed by atoms with Crippen molar-refractivity contribution >= 4 is 11.6 Å². The lowest BCUT2D eigenvalue weighted by molar-refractivity contribution is 0.102. The zero-order valence-corrected chi connectivity index (χ0v) is 17.7. The van der Waals surface area contributed by atoms with Crippen LogP contribution in [0.1, 0.15) is 33.8 Å². The Bertz CT molecular complexity index is 1170. The van der Waals surface area contributed by atoms with Gasteiger partial charge in [0.05, 0.1) is 0 Å². The van der Waals surface area contributed by atoms with Gasteiger partial charge in [0, 0.05) is 42.1 Å². The average Bonchev–Trinajstić information content (AvgIpc) is 3.64. The monoisotopic (exact) mass is 419 g/mol. The van der Waals surface area contributed by atoms with Crippen molar-refractivity contribution in [3.63, 3.8) is 0 Å². The number of nitrogens with one attached hydrogen (secondary N) is 2. The first-order valence-electron chi connectivity index (χ1n) is 11.0. The zero-order valence-electron chi connectivity index (χ0n) is 17.7. The van der Waals surface area contributed by atoms with Crippen LogP contribution >= 0.6 is 0 Å². The van der Waals surface area contributed by atoms with Gasteiger partial charge in [-0.25, -0.2) is 0 Å². The Labute approximate surface area is 188 Å². The van der Waals surface area contributed by atoms with Gasteiger partial charge in [0.15, 0.2) is 0 Å². The van der Waals surface area contributed by atoms with Crippen LogP contribution in [0.3, 0.4) is 0 Å². The number of carbonyl (C=O) groups is 1. The largest absolute Gasteiger partial charge is 0.322 e. The molecular formula is C28H25N3O. The van der Waals surface area contributed by atoms with Gasteiger partial charge < -0.3 is 10.6 Å². The van der Waals surface area contributed by atoms with Crippen LogP contribution in [0.2, 0.25) is 0 Å². The van der Waals surface area contributed by atoms with Gasteiger partial charge in [-0.1, -0.05) is 60.7 Å². The van der Waals surface area contributed by atoms with Crippen LogP contribution in [-0.2, 0) is 6.54 Å². The Morgan fingerprint density at radius 1 is 0.844 bits per heavy atom. The van der Waals surface area contributed by atoms with Crippen molar-refractivity contribution in [3.05, 3.63) is 120 Å². The molecule has 2 atom stereocenters. The lowest BCUT2D eigenvalue weighted by Gasteiger charge is -2.08. The third-order valence-electron chi connectivity index (χ3n) is 5.93. The molecule has 32 heavy (non-hydrogen) atoms. The molecule has 1 heterocycles. The van der Waals surface area contributed by atoms with Crippen LogP contribution < -0.4 is 10.6 Å². The van der Waals surface area contributed by atoms with E-state index in [1.54, 1.807) is 6.20 Å². The minimum Gasteiger partial charge on any atom is -0.322 e. The van der Waals surface area contributed by atoms with E-state index in [2.05, 4.69) is 45.9 Å². The maximum atomic E-state index is 12.6. The Morgan fingerprint density at radius 3 is 2.31 bits per heavy atom. The number of benzene rings is 3. The molecule has 0 radical (unpaired) electrons. The maximum Gasteiger partial charge on any atom is 0.255 e. The quantitative estimate of drug-likeness (QED) is 0.407. The summed E-state index contributed by atoms with van der Waals surface area (Å²) in [6, 6.07) is 30.6. The van der Waals surface area contributed by atoms with Gasteiger partial charge in [-0.2, -0.15) is 0 Å². The SMILES string of the molecule is O=C(Nc1ccc([C@@H]2C[C@H]2NCc2cccnc2)cc1)c1ccc(-c2ccccc2)cc1. The highest BCUT2D eigenvalue weighted by Gasteiger charge is 2.37. The van der Waals surface area contributed by atoms with E-state index in [1.807, 2.05) is 66.9 Å².